The summed E-state index contributed by atoms with van der Waals surface area (Å²) in [5, 5.41) is 6.88. The van der Waals surface area contributed by atoms with Gasteiger partial charge in [0.1, 0.15) is 12.1 Å². The summed E-state index contributed by atoms with van der Waals surface area (Å²) in [4.78, 5) is 8.23. The lowest BCUT2D eigenvalue weighted by Gasteiger charge is -2.34. The van der Waals surface area contributed by atoms with E-state index in [0.717, 1.165) is 29.0 Å². The minimum Gasteiger partial charge on any atom is -0.368 e. The molecule has 1 atom stereocenters. The van der Waals surface area contributed by atoms with Gasteiger partial charge in [-0.1, -0.05) is 6.92 Å². The van der Waals surface area contributed by atoms with Crippen molar-refractivity contribution in [1.29, 1.82) is 0 Å². The standard InChI is InChI=1S/C11H17IN4/c1-11(3-2-4-13-6-11)7-15-10-9(12)5-14-8-16-10/h5,8,13H,2-4,6-7H2,1H3,(H,14,15,16). The third kappa shape index (κ3) is 3.04. The highest BCUT2D eigenvalue weighted by Crippen LogP contribution is 2.26. The van der Waals surface area contributed by atoms with Crippen molar-refractivity contribution in [2.75, 3.05) is 25.0 Å². The van der Waals surface area contributed by atoms with Gasteiger partial charge in [-0.3, -0.25) is 0 Å². The molecule has 2 N–H and O–H groups in total. The largest absolute Gasteiger partial charge is 0.368 e. The predicted octanol–water partition coefficient (Wildman–Crippen LogP) is 1.88. The third-order valence-electron chi connectivity index (χ3n) is 3.04. The van der Waals surface area contributed by atoms with Crippen LogP contribution in [-0.2, 0) is 0 Å². The molecular formula is C11H17IN4. The molecule has 4 nitrogen and oxygen atoms in total. The Hall–Kier alpha value is -0.430. The summed E-state index contributed by atoms with van der Waals surface area (Å²) in [6.45, 7) is 5.52. The number of anilines is 1. The third-order valence-corrected chi connectivity index (χ3v) is 3.83. The van der Waals surface area contributed by atoms with Crippen LogP contribution in [0.15, 0.2) is 12.5 Å². The molecule has 1 aliphatic heterocycles. The second-order valence-electron chi connectivity index (χ2n) is 4.66. The highest BCUT2D eigenvalue weighted by atomic mass is 127. The Balaban J connectivity index is 1.94. The summed E-state index contributed by atoms with van der Waals surface area (Å²) >= 11 is 2.26. The Morgan fingerprint density at radius 3 is 3.19 bits per heavy atom. The molecule has 1 unspecified atom stereocenters. The maximum absolute atomic E-state index is 4.24. The molecule has 2 rings (SSSR count). The van der Waals surface area contributed by atoms with Crippen molar-refractivity contribution in [3.8, 4) is 0 Å². The van der Waals surface area contributed by atoms with Crippen molar-refractivity contribution in [3.63, 3.8) is 0 Å². The van der Waals surface area contributed by atoms with Crippen molar-refractivity contribution in [3.05, 3.63) is 16.1 Å². The van der Waals surface area contributed by atoms with Crippen LogP contribution in [-0.4, -0.2) is 29.6 Å². The summed E-state index contributed by atoms with van der Waals surface area (Å²) in [5.74, 6) is 0.947. The first-order chi connectivity index (χ1) is 7.70. The van der Waals surface area contributed by atoms with E-state index in [1.54, 1.807) is 6.33 Å². The fraction of sp³-hybridized carbons (Fsp3) is 0.636. The van der Waals surface area contributed by atoms with Crippen LogP contribution in [0.3, 0.4) is 0 Å². The molecule has 0 radical (unpaired) electrons. The van der Waals surface area contributed by atoms with E-state index in [0.29, 0.717) is 5.41 Å². The minimum absolute atomic E-state index is 0.340. The molecule has 16 heavy (non-hydrogen) atoms. The molecule has 0 amide bonds. The zero-order valence-electron chi connectivity index (χ0n) is 9.46. The average Bonchev–Trinajstić information content (AvgIpc) is 2.29. The van der Waals surface area contributed by atoms with Gasteiger partial charge >= 0.3 is 0 Å². The number of nitrogens with zero attached hydrogens (tertiary/aromatic N) is 2. The van der Waals surface area contributed by atoms with Crippen molar-refractivity contribution in [2.24, 2.45) is 5.41 Å². The number of nitrogens with one attached hydrogen (secondary N) is 2. The van der Waals surface area contributed by atoms with Gasteiger partial charge in [-0.15, -0.1) is 0 Å². The number of hydrogen-bond acceptors (Lipinski definition) is 4. The van der Waals surface area contributed by atoms with Crippen LogP contribution in [0.4, 0.5) is 5.82 Å². The lowest BCUT2D eigenvalue weighted by Crippen LogP contribution is -2.42. The fourth-order valence-corrected chi connectivity index (χ4v) is 2.50. The topological polar surface area (TPSA) is 49.8 Å². The quantitative estimate of drug-likeness (QED) is 0.830. The van der Waals surface area contributed by atoms with Gasteiger partial charge in [0.05, 0.1) is 3.57 Å². The molecule has 0 spiro atoms. The lowest BCUT2D eigenvalue weighted by molar-refractivity contribution is 0.253. The molecule has 2 heterocycles. The summed E-state index contributed by atoms with van der Waals surface area (Å²) in [6, 6.07) is 0. The molecule has 0 aliphatic carbocycles. The van der Waals surface area contributed by atoms with Gasteiger partial charge in [0.2, 0.25) is 0 Å². The Morgan fingerprint density at radius 1 is 1.62 bits per heavy atom. The van der Waals surface area contributed by atoms with Crippen molar-refractivity contribution in [1.82, 2.24) is 15.3 Å². The molecule has 88 valence electrons. The number of aromatic nitrogens is 2. The maximum Gasteiger partial charge on any atom is 0.142 e. The number of piperidine rings is 1. The fourth-order valence-electron chi connectivity index (χ4n) is 2.01. The first-order valence-corrected chi connectivity index (χ1v) is 6.68. The van der Waals surface area contributed by atoms with Crippen molar-refractivity contribution in [2.45, 2.75) is 19.8 Å². The average molecular weight is 332 g/mol. The zero-order valence-corrected chi connectivity index (χ0v) is 11.6. The molecule has 0 bridgehead atoms. The molecule has 0 aromatic carbocycles. The van der Waals surface area contributed by atoms with Gasteiger partial charge in [0.25, 0.3) is 0 Å². The van der Waals surface area contributed by atoms with Gasteiger partial charge in [-0.05, 0) is 47.4 Å². The van der Waals surface area contributed by atoms with Crippen molar-refractivity contribution < 1.29 is 0 Å². The van der Waals surface area contributed by atoms with Crippen LogP contribution in [0.5, 0.6) is 0 Å². The number of rotatable bonds is 3. The van der Waals surface area contributed by atoms with E-state index in [9.17, 15) is 0 Å². The molecule has 1 aromatic heterocycles. The molecule has 1 saturated heterocycles. The minimum atomic E-state index is 0.340. The Labute approximate surface area is 110 Å². The molecular weight excluding hydrogens is 315 g/mol. The van der Waals surface area contributed by atoms with Crippen LogP contribution in [0, 0.1) is 8.99 Å². The Kier molecular flexibility index (Phi) is 3.96. The lowest BCUT2D eigenvalue weighted by atomic mass is 9.83. The summed E-state index contributed by atoms with van der Waals surface area (Å²) in [5.41, 5.74) is 0.340. The first-order valence-electron chi connectivity index (χ1n) is 5.60. The van der Waals surface area contributed by atoms with E-state index < -0.39 is 0 Å². The molecule has 5 heteroatoms. The SMILES string of the molecule is CC1(CNc2ncncc2I)CCCNC1. The Morgan fingerprint density at radius 2 is 2.50 bits per heavy atom. The molecule has 1 fully saturated rings. The van der Waals surface area contributed by atoms with Crippen LogP contribution < -0.4 is 10.6 Å². The van der Waals surface area contributed by atoms with E-state index in [2.05, 4.69) is 50.1 Å². The Bertz CT molecular complexity index is 350. The van der Waals surface area contributed by atoms with Gasteiger partial charge in [-0.2, -0.15) is 0 Å². The van der Waals surface area contributed by atoms with E-state index in [-0.39, 0.29) is 0 Å². The summed E-state index contributed by atoms with van der Waals surface area (Å²) in [7, 11) is 0. The maximum atomic E-state index is 4.24. The highest BCUT2D eigenvalue weighted by Gasteiger charge is 2.26. The summed E-state index contributed by atoms with van der Waals surface area (Å²) in [6.07, 6.45) is 5.96. The van der Waals surface area contributed by atoms with Gasteiger partial charge in [-0.25, -0.2) is 9.97 Å². The monoisotopic (exact) mass is 332 g/mol. The molecule has 0 saturated carbocycles. The smallest absolute Gasteiger partial charge is 0.142 e. The van der Waals surface area contributed by atoms with E-state index in [4.69, 9.17) is 0 Å². The van der Waals surface area contributed by atoms with Gasteiger partial charge in [0, 0.05) is 19.3 Å². The van der Waals surface area contributed by atoms with E-state index >= 15 is 0 Å². The summed E-state index contributed by atoms with van der Waals surface area (Å²) < 4.78 is 1.08. The zero-order chi connectivity index (χ0) is 11.4. The van der Waals surface area contributed by atoms with Crippen LogP contribution in [0.2, 0.25) is 0 Å². The molecule has 1 aromatic rings. The predicted molar refractivity (Wildman–Crippen MR) is 73.4 cm³/mol. The van der Waals surface area contributed by atoms with Crippen LogP contribution >= 0.6 is 22.6 Å². The second-order valence-corrected chi connectivity index (χ2v) is 5.83. The second kappa shape index (κ2) is 5.27. The highest BCUT2D eigenvalue weighted by molar-refractivity contribution is 14.1. The molecule has 1 aliphatic rings. The van der Waals surface area contributed by atoms with Crippen molar-refractivity contribution >= 4 is 28.4 Å². The van der Waals surface area contributed by atoms with E-state index in [1.807, 2.05) is 6.20 Å². The normalized spacial score (nSPS) is 25.4. The number of halogens is 1. The first kappa shape index (κ1) is 12.0. The van der Waals surface area contributed by atoms with Crippen LogP contribution in [0.1, 0.15) is 19.8 Å². The van der Waals surface area contributed by atoms with E-state index in [1.165, 1.54) is 12.8 Å². The number of hydrogen-bond donors (Lipinski definition) is 2. The van der Waals surface area contributed by atoms with Crippen LogP contribution in [0.25, 0.3) is 0 Å². The van der Waals surface area contributed by atoms with Gasteiger partial charge < -0.3 is 10.6 Å². The van der Waals surface area contributed by atoms with Gasteiger partial charge in [0.15, 0.2) is 0 Å².